The highest BCUT2D eigenvalue weighted by molar-refractivity contribution is 5.23. The minimum absolute atomic E-state index is 0.0581. The molecular weight excluding hydrogens is 245 g/mol. The van der Waals surface area contributed by atoms with Gasteiger partial charge in [0, 0.05) is 18.2 Å². The Labute approximate surface area is 102 Å². The van der Waals surface area contributed by atoms with E-state index in [0.29, 0.717) is 24.4 Å². The van der Waals surface area contributed by atoms with E-state index >= 15 is 0 Å². The average Bonchev–Trinajstić information content (AvgIpc) is 2.77. The van der Waals surface area contributed by atoms with E-state index in [0.717, 1.165) is 31.4 Å². The predicted molar refractivity (Wildman–Crippen MR) is 58.1 cm³/mol. The molecule has 3 nitrogen and oxygen atoms in total. The van der Waals surface area contributed by atoms with Gasteiger partial charge in [0.05, 0.1) is 12.2 Å². The highest BCUT2D eigenvalue weighted by Crippen LogP contribution is 2.48. The van der Waals surface area contributed by atoms with E-state index in [4.69, 9.17) is 4.74 Å². The number of ether oxygens (including phenoxy) is 1. The van der Waals surface area contributed by atoms with Gasteiger partial charge in [-0.2, -0.15) is 13.2 Å². The van der Waals surface area contributed by atoms with Crippen LogP contribution in [0.4, 0.5) is 13.2 Å². The summed E-state index contributed by atoms with van der Waals surface area (Å²) in [6, 6.07) is 1.90. The van der Waals surface area contributed by atoms with Gasteiger partial charge < -0.3 is 10.1 Å². The molecule has 1 unspecified atom stereocenters. The zero-order valence-electron chi connectivity index (χ0n) is 9.57. The van der Waals surface area contributed by atoms with Gasteiger partial charge in [-0.3, -0.25) is 0 Å². The molecule has 0 radical (unpaired) electrons. The second-order valence-electron chi connectivity index (χ2n) is 4.84. The number of hydrogen-bond donors (Lipinski definition) is 1. The summed E-state index contributed by atoms with van der Waals surface area (Å²) in [6.07, 6.45) is -3.21. The average molecular weight is 258 g/mol. The fraction of sp³-hybridized carbons (Fsp3) is 0.583. The molecule has 0 aromatic carbocycles. The first kappa shape index (κ1) is 11.8. The van der Waals surface area contributed by atoms with Crippen molar-refractivity contribution in [3.63, 3.8) is 0 Å². The van der Waals surface area contributed by atoms with Gasteiger partial charge in [-0.1, -0.05) is 0 Å². The minimum Gasteiger partial charge on any atom is -0.477 e. The van der Waals surface area contributed by atoms with Crippen molar-refractivity contribution in [2.45, 2.75) is 6.18 Å². The minimum atomic E-state index is -4.35. The van der Waals surface area contributed by atoms with Crippen LogP contribution in [0.2, 0.25) is 0 Å². The fourth-order valence-electron chi connectivity index (χ4n) is 2.64. The number of pyridine rings is 1. The number of nitrogens with one attached hydrogen (secondary N) is 1. The number of nitrogens with zero attached hydrogens (tertiary/aromatic N) is 1. The molecular formula is C12H13F3N2O. The van der Waals surface area contributed by atoms with Crippen LogP contribution >= 0.6 is 0 Å². The van der Waals surface area contributed by atoms with Crippen LogP contribution < -0.4 is 10.1 Å². The molecule has 2 fully saturated rings. The molecule has 1 aliphatic heterocycles. The first-order chi connectivity index (χ1) is 8.55. The van der Waals surface area contributed by atoms with Crippen LogP contribution in [-0.4, -0.2) is 24.7 Å². The van der Waals surface area contributed by atoms with E-state index in [1.165, 1.54) is 0 Å². The van der Waals surface area contributed by atoms with Gasteiger partial charge in [0.1, 0.15) is 0 Å². The summed E-state index contributed by atoms with van der Waals surface area (Å²) in [5, 5.41) is 3.26. The van der Waals surface area contributed by atoms with E-state index in [1.807, 2.05) is 0 Å². The third-order valence-electron chi connectivity index (χ3n) is 3.75. The number of piperidine rings is 1. The van der Waals surface area contributed by atoms with Crippen molar-refractivity contribution in [2.75, 3.05) is 19.7 Å². The molecule has 6 heteroatoms. The molecule has 1 aromatic rings. The van der Waals surface area contributed by atoms with Crippen LogP contribution in [0.15, 0.2) is 18.3 Å². The molecule has 3 rings (SSSR count). The lowest BCUT2D eigenvalue weighted by Gasteiger charge is -2.10. The van der Waals surface area contributed by atoms with Crippen molar-refractivity contribution < 1.29 is 17.9 Å². The molecule has 1 N–H and O–H groups in total. The number of fused-ring (bicyclic) bond motifs is 1. The Hall–Kier alpha value is -1.30. The second kappa shape index (κ2) is 4.12. The number of rotatable bonds is 3. The SMILES string of the molecule is FC(F)(F)c1ccnc(OCC2[C@H]3CNC[C@@H]23)c1. The highest BCUT2D eigenvalue weighted by Gasteiger charge is 2.53. The normalized spacial score (nSPS) is 30.1. The Bertz CT molecular complexity index is 439. The Morgan fingerprint density at radius 3 is 2.72 bits per heavy atom. The topological polar surface area (TPSA) is 34.1 Å². The molecule has 0 amide bonds. The quantitative estimate of drug-likeness (QED) is 0.899. The van der Waals surface area contributed by atoms with Gasteiger partial charge >= 0.3 is 6.18 Å². The van der Waals surface area contributed by atoms with Gasteiger partial charge in [-0.25, -0.2) is 4.98 Å². The third-order valence-corrected chi connectivity index (χ3v) is 3.75. The van der Waals surface area contributed by atoms with Gasteiger partial charge in [0.25, 0.3) is 0 Å². The van der Waals surface area contributed by atoms with Crippen molar-refractivity contribution in [1.82, 2.24) is 10.3 Å². The van der Waals surface area contributed by atoms with E-state index in [2.05, 4.69) is 10.3 Å². The van der Waals surface area contributed by atoms with Gasteiger partial charge in [-0.15, -0.1) is 0 Å². The number of halogens is 3. The molecule has 3 atom stereocenters. The van der Waals surface area contributed by atoms with Crippen molar-refractivity contribution >= 4 is 0 Å². The maximum absolute atomic E-state index is 12.5. The van der Waals surface area contributed by atoms with E-state index in [1.54, 1.807) is 0 Å². The molecule has 98 valence electrons. The lowest BCUT2D eigenvalue weighted by Crippen LogP contribution is -2.18. The summed E-state index contributed by atoms with van der Waals surface area (Å²) in [5.74, 6) is 1.80. The number of alkyl halides is 3. The van der Waals surface area contributed by atoms with Crippen LogP contribution in [-0.2, 0) is 6.18 Å². The third kappa shape index (κ3) is 2.16. The zero-order valence-corrected chi connectivity index (χ0v) is 9.57. The molecule has 2 aliphatic rings. The molecule has 2 heterocycles. The summed E-state index contributed by atoms with van der Waals surface area (Å²) in [4.78, 5) is 3.81. The molecule has 1 saturated carbocycles. The predicted octanol–water partition coefficient (Wildman–Crippen LogP) is 1.94. The van der Waals surface area contributed by atoms with Crippen LogP contribution in [0.1, 0.15) is 5.56 Å². The monoisotopic (exact) mass is 258 g/mol. The van der Waals surface area contributed by atoms with E-state index < -0.39 is 11.7 Å². The Morgan fingerprint density at radius 1 is 1.33 bits per heavy atom. The molecule has 1 saturated heterocycles. The first-order valence-corrected chi connectivity index (χ1v) is 5.92. The van der Waals surface area contributed by atoms with Crippen molar-refractivity contribution in [3.05, 3.63) is 23.9 Å². The van der Waals surface area contributed by atoms with Crippen LogP contribution in [0, 0.1) is 17.8 Å². The lowest BCUT2D eigenvalue weighted by molar-refractivity contribution is -0.137. The molecule has 18 heavy (non-hydrogen) atoms. The Morgan fingerprint density at radius 2 is 2.06 bits per heavy atom. The fourth-order valence-corrected chi connectivity index (χ4v) is 2.64. The van der Waals surface area contributed by atoms with Crippen molar-refractivity contribution in [2.24, 2.45) is 17.8 Å². The van der Waals surface area contributed by atoms with Crippen LogP contribution in [0.25, 0.3) is 0 Å². The summed E-state index contributed by atoms with van der Waals surface area (Å²) in [7, 11) is 0. The molecule has 0 bridgehead atoms. The summed E-state index contributed by atoms with van der Waals surface area (Å²) < 4.78 is 42.8. The van der Waals surface area contributed by atoms with E-state index in [9.17, 15) is 13.2 Å². The number of aromatic nitrogens is 1. The summed E-state index contributed by atoms with van der Waals surface area (Å²) in [5.41, 5.74) is -0.717. The maximum atomic E-state index is 12.5. The summed E-state index contributed by atoms with van der Waals surface area (Å²) >= 11 is 0. The Balaban J connectivity index is 1.60. The van der Waals surface area contributed by atoms with Crippen molar-refractivity contribution in [3.8, 4) is 5.88 Å². The second-order valence-corrected chi connectivity index (χ2v) is 4.84. The zero-order chi connectivity index (χ0) is 12.8. The first-order valence-electron chi connectivity index (χ1n) is 5.92. The van der Waals surface area contributed by atoms with Crippen LogP contribution in [0.3, 0.4) is 0 Å². The number of hydrogen-bond acceptors (Lipinski definition) is 3. The molecule has 1 aliphatic carbocycles. The van der Waals surface area contributed by atoms with Crippen molar-refractivity contribution in [1.29, 1.82) is 0 Å². The smallest absolute Gasteiger partial charge is 0.416 e. The van der Waals surface area contributed by atoms with Gasteiger partial charge in [0.2, 0.25) is 5.88 Å². The largest absolute Gasteiger partial charge is 0.477 e. The standard InChI is InChI=1S/C12H13F3N2O/c13-12(14,15)7-1-2-17-11(3-7)18-6-10-8-4-16-5-9(8)10/h1-3,8-10,16H,4-6H2/t8-,9+,10?. The molecule has 1 aromatic heterocycles. The maximum Gasteiger partial charge on any atom is 0.416 e. The lowest BCUT2D eigenvalue weighted by atomic mass is 10.2. The van der Waals surface area contributed by atoms with Gasteiger partial charge in [0.15, 0.2) is 0 Å². The summed E-state index contributed by atoms with van der Waals surface area (Å²) in [6.45, 7) is 2.45. The van der Waals surface area contributed by atoms with Gasteiger partial charge in [-0.05, 0) is 31.0 Å². The van der Waals surface area contributed by atoms with Crippen LogP contribution in [0.5, 0.6) is 5.88 Å². The molecule has 0 spiro atoms. The Kier molecular flexibility index (Phi) is 2.69. The van der Waals surface area contributed by atoms with E-state index in [-0.39, 0.29) is 5.88 Å². The highest BCUT2D eigenvalue weighted by atomic mass is 19.4.